The standard InChI is InChI=1S/C18H30FNO/c1-7-20-16(10-13(2)12-18(3,4)5)15-11-14(19)8-9-17(15)21-6/h8-9,11,13,16,20H,7,10,12H2,1-6H3. The molecule has 0 heterocycles. The zero-order chi connectivity index (χ0) is 16.0. The van der Waals surface area contributed by atoms with E-state index in [0.717, 1.165) is 30.7 Å². The molecular formula is C18H30FNO. The van der Waals surface area contributed by atoms with Crippen molar-refractivity contribution in [2.24, 2.45) is 11.3 Å². The topological polar surface area (TPSA) is 21.3 Å². The molecule has 0 bridgehead atoms. The number of hydrogen-bond donors (Lipinski definition) is 1. The zero-order valence-corrected chi connectivity index (χ0v) is 14.3. The second-order valence-corrected chi connectivity index (χ2v) is 7.10. The largest absolute Gasteiger partial charge is 0.496 e. The van der Waals surface area contributed by atoms with E-state index < -0.39 is 0 Å². The summed E-state index contributed by atoms with van der Waals surface area (Å²) in [5.74, 6) is 1.10. The number of nitrogens with one attached hydrogen (secondary N) is 1. The van der Waals surface area contributed by atoms with Gasteiger partial charge in [-0.2, -0.15) is 0 Å². The van der Waals surface area contributed by atoms with Gasteiger partial charge >= 0.3 is 0 Å². The number of halogens is 1. The maximum Gasteiger partial charge on any atom is 0.123 e. The fourth-order valence-electron chi connectivity index (χ4n) is 3.08. The third kappa shape index (κ3) is 6.04. The first-order valence-electron chi connectivity index (χ1n) is 7.83. The van der Waals surface area contributed by atoms with Crippen molar-refractivity contribution in [1.29, 1.82) is 0 Å². The Hall–Kier alpha value is -1.09. The SMILES string of the molecule is CCNC(CC(C)CC(C)(C)C)c1cc(F)ccc1OC. The van der Waals surface area contributed by atoms with Crippen LogP contribution in [0.15, 0.2) is 18.2 Å². The van der Waals surface area contributed by atoms with Crippen LogP contribution in [0.4, 0.5) is 4.39 Å². The Morgan fingerprint density at radius 2 is 1.95 bits per heavy atom. The summed E-state index contributed by atoms with van der Waals surface area (Å²) in [6, 6.07) is 4.88. The van der Waals surface area contributed by atoms with E-state index in [9.17, 15) is 4.39 Å². The summed E-state index contributed by atoms with van der Waals surface area (Å²) in [7, 11) is 1.64. The lowest BCUT2D eigenvalue weighted by atomic mass is 9.82. The lowest BCUT2D eigenvalue weighted by Crippen LogP contribution is -2.25. The monoisotopic (exact) mass is 295 g/mol. The summed E-state index contributed by atoms with van der Waals surface area (Å²) in [4.78, 5) is 0. The van der Waals surface area contributed by atoms with E-state index in [0.29, 0.717) is 11.3 Å². The van der Waals surface area contributed by atoms with E-state index in [1.54, 1.807) is 19.2 Å². The minimum atomic E-state index is -0.211. The van der Waals surface area contributed by atoms with Crippen molar-refractivity contribution in [2.45, 2.75) is 53.5 Å². The molecule has 1 aromatic rings. The zero-order valence-electron chi connectivity index (χ0n) is 14.3. The van der Waals surface area contributed by atoms with Crippen LogP contribution in [0.3, 0.4) is 0 Å². The highest BCUT2D eigenvalue weighted by atomic mass is 19.1. The maximum atomic E-state index is 13.6. The molecule has 0 saturated heterocycles. The van der Waals surface area contributed by atoms with E-state index in [1.165, 1.54) is 6.07 Å². The van der Waals surface area contributed by atoms with Crippen LogP contribution in [-0.2, 0) is 0 Å². The van der Waals surface area contributed by atoms with Crippen molar-refractivity contribution in [3.05, 3.63) is 29.6 Å². The van der Waals surface area contributed by atoms with Crippen LogP contribution < -0.4 is 10.1 Å². The third-order valence-electron chi connectivity index (χ3n) is 3.62. The van der Waals surface area contributed by atoms with Crippen molar-refractivity contribution in [1.82, 2.24) is 5.32 Å². The molecular weight excluding hydrogens is 265 g/mol. The lowest BCUT2D eigenvalue weighted by molar-refractivity contribution is 0.274. The van der Waals surface area contributed by atoms with Gasteiger partial charge < -0.3 is 10.1 Å². The van der Waals surface area contributed by atoms with Crippen molar-refractivity contribution in [2.75, 3.05) is 13.7 Å². The molecule has 0 aliphatic heterocycles. The molecule has 0 aliphatic carbocycles. The second-order valence-electron chi connectivity index (χ2n) is 7.10. The van der Waals surface area contributed by atoms with Crippen LogP contribution in [0.5, 0.6) is 5.75 Å². The van der Waals surface area contributed by atoms with Gasteiger partial charge in [-0.15, -0.1) is 0 Å². The van der Waals surface area contributed by atoms with E-state index in [-0.39, 0.29) is 11.9 Å². The molecule has 2 atom stereocenters. The summed E-state index contributed by atoms with van der Waals surface area (Å²) in [5, 5.41) is 3.47. The van der Waals surface area contributed by atoms with Gasteiger partial charge in [0.25, 0.3) is 0 Å². The number of rotatable bonds is 7. The second kappa shape index (κ2) is 7.79. The summed E-state index contributed by atoms with van der Waals surface area (Å²) >= 11 is 0. The molecule has 1 rings (SSSR count). The minimum Gasteiger partial charge on any atom is -0.496 e. The average Bonchev–Trinajstić information content (AvgIpc) is 2.36. The summed E-state index contributed by atoms with van der Waals surface area (Å²) in [6.07, 6.45) is 2.12. The van der Waals surface area contributed by atoms with Crippen molar-refractivity contribution < 1.29 is 9.13 Å². The van der Waals surface area contributed by atoms with Crippen molar-refractivity contribution >= 4 is 0 Å². The Balaban J connectivity index is 2.93. The van der Waals surface area contributed by atoms with Gasteiger partial charge in [0.05, 0.1) is 7.11 Å². The normalized spacial score (nSPS) is 14.8. The molecule has 2 unspecified atom stereocenters. The van der Waals surface area contributed by atoms with E-state index >= 15 is 0 Å². The molecule has 0 saturated carbocycles. The number of benzene rings is 1. The Morgan fingerprint density at radius 1 is 1.29 bits per heavy atom. The van der Waals surface area contributed by atoms with Gasteiger partial charge in [-0.25, -0.2) is 4.39 Å². The molecule has 1 N–H and O–H groups in total. The fraction of sp³-hybridized carbons (Fsp3) is 0.667. The number of hydrogen-bond acceptors (Lipinski definition) is 2. The summed E-state index contributed by atoms with van der Waals surface area (Å²) in [6.45, 7) is 12.0. The molecule has 0 fully saturated rings. The number of methoxy groups -OCH3 is 1. The average molecular weight is 295 g/mol. The Morgan fingerprint density at radius 3 is 2.48 bits per heavy atom. The van der Waals surface area contributed by atoms with Crippen LogP contribution in [0.1, 0.15) is 59.1 Å². The number of ether oxygens (including phenoxy) is 1. The van der Waals surface area contributed by atoms with Crippen molar-refractivity contribution in [3.63, 3.8) is 0 Å². The highest BCUT2D eigenvalue weighted by Crippen LogP contribution is 2.34. The summed E-state index contributed by atoms with van der Waals surface area (Å²) in [5.41, 5.74) is 1.22. The van der Waals surface area contributed by atoms with Gasteiger partial charge in [-0.1, -0.05) is 34.6 Å². The molecule has 0 amide bonds. The molecule has 2 nitrogen and oxygen atoms in total. The first-order chi connectivity index (χ1) is 9.76. The maximum absolute atomic E-state index is 13.6. The van der Waals surface area contributed by atoms with Crippen LogP contribution in [0.2, 0.25) is 0 Å². The minimum absolute atomic E-state index is 0.123. The molecule has 0 aliphatic rings. The third-order valence-corrected chi connectivity index (χ3v) is 3.62. The van der Waals surface area contributed by atoms with Crippen LogP contribution >= 0.6 is 0 Å². The van der Waals surface area contributed by atoms with Crippen molar-refractivity contribution in [3.8, 4) is 5.75 Å². The van der Waals surface area contributed by atoms with Gasteiger partial charge in [0, 0.05) is 11.6 Å². The predicted octanol–water partition coefficient (Wildman–Crippen LogP) is 4.95. The molecule has 0 aromatic heterocycles. The van der Waals surface area contributed by atoms with E-state index in [4.69, 9.17) is 4.74 Å². The van der Waals surface area contributed by atoms with Crippen LogP contribution in [-0.4, -0.2) is 13.7 Å². The molecule has 3 heteroatoms. The quantitative estimate of drug-likeness (QED) is 0.768. The molecule has 120 valence electrons. The molecule has 21 heavy (non-hydrogen) atoms. The molecule has 1 aromatic carbocycles. The van der Waals surface area contributed by atoms with E-state index in [1.807, 2.05) is 0 Å². The highest BCUT2D eigenvalue weighted by Gasteiger charge is 2.22. The lowest BCUT2D eigenvalue weighted by Gasteiger charge is -2.28. The first kappa shape index (κ1) is 18.0. The molecule has 0 radical (unpaired) electrons. The highest BCUT2D eigenvalue weighted by molar-refractivity contribution is 5.36. The van der Waals surface area contributed by atoms with Crippen LogP contribution in [0, 0.1) is 17.2 Å². The summed E-state index contributed by atoms with van der Waals surface area (Å²) < 4.78 is 19.0. The van der Waals surface area contributed by atoms with E-state index in [2.05, 4.69) is 39.9 Å². The fourth-order valence-corrected chi connectivity index (χ4v) is 3.08. The Kier molecular flexibility index (Phi) is 6.66. The van der Waals surface area contributed by atoms with Crippen LogP contribution in [0.25, 0.3) is 0 Å². The van der Waals surface area contributed by atoms with Gasteiger partial charge in [-0.3, -0.25) is 0 Å². The Bertz CT molecular complexity index is 439. The van der Waals surface area contributed by atoms with Gasteiger partial charge in [-0.05, 0) is 48.9 Å². The smallest absolute Gasteiger partial charge is 0.123 e. The van der Waals surface area contributed by atoms with Gasteiger partial charge in [0.1, 0.15) is 11.6 Å². The van der Waals surface area contributed by atoms with Gasteiger partial charge in [0.2, 0.25) is 0 Å². The molecule has 0 spiro atoms. The first-order valence-corrected chi connectivity index (χ1v) is 7.83. The predicted molar refractivity (Wildman–Crippen MR) is 87.2 cm³/mol. The Labute approximate surface area is 129 Å². The van der Waals surface area contributed by atoms with Gasteiger partial charge in [0.15, 0.2) is 0 Å².